The average Bonchev–Trinajstić information content (AvgIpc) is 2.23. The largest absolute Gasteiger partial charge is 0.468 e. The van der Waals surface area contributed by atoms with E-state index in [0.717, 1.165) is 0 Å². The first-order valence-corrected chi connectivity index (χ1v) is 4.76. The highest BCUT2D eigenvalue weighted by Crippen LogP contribution is 2.22. The monoisotopic (exact) mass is 218 g/mol. The molecule has 5 nitrogen and oxygen atoms in total. The predicted molar refractivity (Wildman–Crippen MR) is 53.1 cm³/mol. The van der Waals surface area contributed by atoms with Crippen molar-refractivity contribution in [2.75, 3.05) is 14.2 Å². The Kier molecular flexibility index (Phi) is 5.28. The van der Waals surface area contributed by atoms with E-state index in [9.17, 15) is 14.7 Å². The van der Waals surface area contributed by atoms with E-state index in [1.165, 1.54) is 14.2 Å². The standard InChI is InChI=1S/C10H18O5/c1-5-10(2,13)6-7(8(11)14-3)9(12)15-4/h7,13H,5-6H2,1-4H3. The highest BCUT2D eigenvalue weighted by atomic mass is 16.5. The van der Waals surface area contributed by atoms with Crippen LogP contribution in [0, 0.1) is 5.92 Å². The summed E-state index contributed by atoms with van der Waals surface area (Å²) in [5, 5.41) is 9.77. The van der Waals surface area contributed by atoms with Crippen molar-refractivity contribution in [2.45, 2.75) is 32.3 Å². The minimum absolute atomic E-state index is 0.00282. The van der Waals surface area contributed by atoms with E-state index in [0.29, 0.717) is 6.42 Å². The maximum atomic E-state index is 11.3. The van der Waals surface area contributed by atoms with Gasteiger partial charge in [-0.3, -0.25) is 9.59 Å². The molecule has 0 aliphatic heterocycles. The van der Waals surface area contributed by atoms with Crippen molar-refractivity contribution in [2.24, 2.45) is 5.92 Å². The number of hydrogen-bond donors (Lipinski definition) is 1. The van der Waals surface area contributed by atoms with Crippen LogP contribution in [0.3, 0.4) is 0 Å². The summed E-state index contributed by atoms with van der Waals surface area (Å²) in [6.45, 7) is 3.33. The van der Waals surface area contributed by atoms with Crippen LogP contribution >= 0.6 is 0 Å². The van der Waals surface area contributed by atoms with Gasteiger partial charge in [-0.25, -0.2) is 0 Å². The van der Waals surface area contributed by atoms with Crippen molar-refractivity contribution in [3.8, 4) is 0 Å². The third kappa shape index (κ3) is 4.29. The Morgan fingerprint density at radius 1 is 1.27 bits per heavy atom. The van der Waals surface area contributed by atoms with Gasteiger partial charge in [-0.15, -0.1) is 0 Å². The van der Waals surface area contributed by atoms with Gasteiger partial charge in [0.15, 0.2) is 5.92 Å². The molecule has 0 radical (unpaired) electrons. The number of esters is 2. The van der Waals surface area contributed by atoms with E-state index in [1.54, 1.807) is 13.8 Å². The molecule has 1 atom stereocenters. The summed E-state index contributed by atoms with van der Waals surface area (Å²) in [5.74, 6) is -2.43. The Morgan fingerprint density at radius 3 is 1.93 bits per heavy atom. The molecule has 5 heteroatoms. The molecule has 0 aliphatic carbocycles. The minimum Gasteiger partial charge on any atom is -0.468 e. The van der Waals surface area contributed by atoms with Gasteiger partial charge in [-0.1, -0.05) is 6.92 Å². The first kappa shape index (κ1) is 13.9. The van der Waals surface area contributed by atoms with E-state index in [4.69, 9.17) is 0 Å². The summed E-state index contributed by atoms with van der Waals surface area (Å²) in [5.41, 5.74) is -1.08. The lowest BCUT2D eigenvalue weighted by atomic mass is 9.90. The molecule has 0 aromatic rings. The molecule has 0 aromatic heterocycles. The molecule has 0 amide bonds. The third-order valence-electron chi connectivity index (χ3n) is 2.38. The van der Waals surface area contributed by atoms with Gasteiger partial charge in [0.2, 0.25) is 0 Å². The molecular formula is C10H18O5. The van der Waals surface area contributed by atoms with Gasteiger partial charge in [0.25, 0.3) is 0 Å². The lowest BCUT2D eigenvalue weighted by Gasteiger charge is -2.24. The van der Waals surface area contributed by atoms with E-state index < -0.39 is 23.5 Å². The molecule has 88 valence electrons. The quantitative estimate of drug-likeness (QED) is 0.537. The SMILES string of the molecule is CCC(C)(O)CC(C(=O)OC)C(=O)OC. The van der Waals surface area contributed by atoms with Crippen LogP contribution in [0.4, 0.5) is 0 Å². The summed E-state index contributed by atoms with van der Waals surface area (Å²) in [7, 11) is 2.39. The van der Waals surface area contributed by atoms with Crippen molar-refractivity contribution >= 4 is 11.9 Å². The molecule has 0 saturated heterocycles. The van der Waals surface area contributed by atoms with E-state index >= 15 is 0 Å². The Hall–Kier alpha value is -1.10. The zero-order valence-corrected chi connectivity index (χ0v) is 9.57. The Bertz CT molecular complexity index is 218. The van der Waals surface area contributed by atoms with Gasteiger partial charge < -0.3 is 14.6 Å². The molecule has 15 heavy (non-hydrogen) atoms. The lowest BCUT2D eigenvalue weighted by molar-refractivity contribution is -0.162. The molecule has 0 bridgehead atoms. The molecule has 0 aliphatic rings. The van der Waals surface area contributed by atoms with Crippen LogP contribution in [0.2, 0.25) is 0 Å². The number of rotatable bonds is 5. The number of methoxy groups -OCH3 is 2. The summed E-state index contributed by atoms with van der Waals surface area (Å²) in [6, 6.07) is 0. The highest BCUT2D eigenvalue weighted by Gasteiger charge is 2.35. The van der Waals surface area contributed by atoms with Crippen molar-refractivity contribution in [1.82, 2.24) is 0 Å². The van der Waals surface area contributed by atoms with Crippen molar-refractivity contribution < 1.29 is 24.2 Å². The second-order valence-electron chi connectivity index (χ2n) is 3.65. The van der Waals surface area contributed by atoms with E-state index in [-0.39, 0.29) is 6.42 Å². The molecule has 0 saturated carbocycles. The molecule has 0 spiro atoms. The number of carbonyl (C=O) groups is 2. The average molecular weight is 218 g/mol. The van der Waals surface area contributed by atoms with Crippen LogP contribution < -0.4 is 0 Å². The second kappa shape index (κ2) is 5.70. The zero-order chi connectivity index (χ0) is 12.1. The molecule has 0 aromatic carbocycles. The first-order valence-electron chi connectivity index (χ1n) is 4.76. The zero-order valence-electron chi connectivity index (χ0n) is 9.57. The van der Waals surface area contributed by atoms with Crippen molar-refractivity contribution in [3.63, 3.8) is 0 Å². The topological polar surface area (TPSA) is 72.8 Å². The summed E-state index contributed by atoms with van der Waals surface area (Å²) in [6.07, 6.45) is 0.445. The van der Waals surface area contributed by atoms with Crippen molar-refractivity contribution in [3.05, 3.63) is 0 Å². The maximum absolute atomic E-state index is 11.3. The van der Waals surface area contributed by atoms with Crippen LogP contribution in [0.25, 0.3) is 0 Å². The normalized spacial score (nSPS) is 14.5. The molecule has 1 N–H and O–H groups in total. The van der Waals surface area contributed by atoms with Gasteiger partial charge in [0, 0.05) is 0 Å². The number of hydrogen-bond acceptors (Lipinski definition) is 5. The second-order valence-corrected chi connectivity index (χ2v) is 3.65. The molecule has 0 fully saturated rings. The molecule has 0 heterocycles. The van der Waals surface area contributed by atoms with Crippen LogP contribution in [0.1, 0.15) is 26.7 Å². The minimum atomic E-state index is -1.08. The fourth-order valence-corrected chi connectivity index (χ4v) is 1.13. The number of aliphatic hydroxyl groups is 1. The van der Waals surface area contributed by atoms with Gasteiger partial charge in [-0.05, 0) is 19.8 Å². The van der Waals surface area contributed by atoms with Gasteiger partial charge in [0.05, 0.1) is 19.8 Å². The van der Waals surface area contributed by atoms with Gasteiger partial charge in [0.1, 0.15) is 0 Å². The third-order valence-corrected chi connectivity index (χ3v) is 2.38. The van der Waals surface area contributed by atoms with Gasteiger partial charge in [-0.2, -0.15) is 0 Å². The Morgan fingerprint density at radius 2 is 1.67 bits per heavy atom. The van der Waals surface area contributed by atoms with Gasteiger partial charge >= 0.3 is 11.9 Å². The lowest BCUT2D eigenvalue weighted by Crippen LogP contribution is -2.35. The predicted octanol–water partition coefficient (Wildman–Crippen LogP) is 0.500. The maximum Gasteiger partial charge on any atom is 0.320 e. The molecule has 1 unspecified atom stereocenters. The fraction of sp³-hybridized carbons (Fsp3) is 0.800. The summed E-state index contributed by atoms with van der Waals surface area (Å²) in [4.78, 5) is 22.5. The first-order chi connectivity index (χ1) is 6.87. The van der Waals surface area contributed by atoms with E-state index in [2.05, 4.69) is 9.47 Å². The smallest absolute Gasteiger partial charge is 0.320 e. The summed E-state index contributed by atoms with van der Waals surface area (Å²) >= 11 is 0. The van der Waals surface area contributed by atoms with Crippen LogP contribution in [0.15, 0.2) is 0 Å². The number of carbonyl (C=O) groups excluding carboxylic acids is 2. The van der Waals surface area contributed by atoms with Crippen LogP contribution in [0.5, 0.6) is 0 Å². The van der Waals surface area contributed by atoms with Crippen molar-refractivity contribution in [1.29, 1.82) is 0 Å². The Balaban J connectivity index is 4.66. The molecular weight excluding hydrogens is 200 g/mol. The highest BCUT2D eigenvalue weighted by molar-refractivity contribution is 5.94. The van der Waals surface area contributed by atoms with Crippen LogP contribution in [-0.2, 0) is 19.1 Å². The Labute approximate surface area is 89.4 Å². The summed E-state index contributed by atoms with van der Waals surface area (Å²) < 4.78 is 8.95. The van der Waals surface area contributed by atoms with E-state index in [1.807, 2.05) is 0 Å². The fourth-order valence-electron chi connectivity index (χ4n) is 1.13. The number of ether oxygens (including phenoxy) is 2. The van der Waals surface area contributed by atoms with Crippen LogP contribution in [-0.4, -0.2) is 36.9 Å². The molecule has 0 rings (SSSR count).